The summed E-state index contributed by atoms with van der Waals surface area (Å²) < 4.78 is 16.7. The first-order chi connectivity index (χ1) is 14.2. The molecule has 0 aliphatic heterocycles. The maximum Gasteiger partial charge on any atom is 0.340 e. The van der Waals surface area contributed by atoms with Gasteiger partial charge in [0, 0.05) is 23.6 Å². The van der Waals surface area contributed by atoms with Crippen molar-refractivity contribution in [2.45, 2.75) is 25.2 Å². The van der Waals surface area contributed by atoms with Gasteiger partial charge in [-0.05, 0) is 30.4 Å². The third kappa shape index (κ3) is 3.53. The molecular weight excluding hydrogens is 368 g/mol. The lowest BCUT2D eigenvalue weighted by atomic mass is 9.78. The standard InChI is InChI=1S/C23H18N2O4/c24-9-11-27-16-13-19(28-12-10-25)22-18-8-4-7-17(15-5-2-1-3-6-15)21(18)23(26)29-20(22)14-16/h1-3,5-6,13-14,17H,4,7-8,11-12H2. The summed E-state index contributed by atoms with van der Waals surface area (Å²) in [5.74, 6) is 0.732. The molecule has 144 valence electrons. The average Bonchev–Trinajstić information content (AvgIpc) is 2.76. The molecule has 0 saturated heterocycles. The molecule has 1 aliphatic carbocycles. The second-order valence-electron chi connectivity index (χ2n) is 6.83. The van der Waals surface area contributed by atoms with Crippen molar-refractivity contribution in [1.29, 1.82) is 10.5 Å². The van der Waals surface area contributed by atoms with Crippen LogP contribution in [0.4, 0.5) is 0 Å². The van der Waals surface area contributed by atoms with E-state index in [9.17, 15) is 4.79 Å². The van der Waals surface area contributed by atoms with Crippen LogP contribution >= 0.6 is 0 Å². The number of rotatable bonds is 5. The van der Waals surface area contributed by atoms with Crippen LogP contribution in [0.3, 0.4) is 0 Å². The number of ether oxygens (including phenoxy) is 2. The first-order valence-corrected chi connectivity index (χ1v) is 9.41. The topological polar surface area (TPSA) is 96.2 Å². The van der Waals surface area contributed by atoms with Crippen molar-refractivity contribution in [2.75, 3.05) is 13.2 Å². The lowest BCUT2D eigenvalue weighted by Crippen LogP contribution is -2.21. The fourth-order valence-corrected chi connectivity index (χ4v) is 4.04. The summed E-state index contributed by atoms with van der Waals surface area (Å²) >= 11 is 0. The van der Waals surface area contributed by atoms with E-state index < -0.39 is 0 Å². The number of benzene rings is 2. The van der Waals surface area contributed by atoms with Gasteiger partial charge in [0.25, 0.3) is 0 Å². The highest BCUT2D eigenvalue weighted by atomic mass is 16.5. The Morgan fingerprint density at radius 3 is 2.59 bits per heavy atom. The van der Waals surface area contributed by atoms with Gasteiger partial charge in [-0.1, -0.05) is 30.3 Å². The van der Waals surface area contributed by atoms with Gasteiger partial charge in [0.1, 0.15) is 29.2 Å². The zero-order chi connectivity index (χ0) is 20.2. The lowest BCUT2D eigenvalue weighted by Gasteiger charge is -2.26. The molecule has 2 aromatic carbocycles. The molecule has 29 heavy (non-hydrogen) atoms. The lowest BCUT2D eigenvalue weighted by molar-refractivity contribution is 0.351. The van der Waals surface area contributed by atoms with E-state index >= 15 is 0 Å². The summed E-state index contributed by atoms with van der Waals surface area (Å²) in [4.78, 5) is 13.0. The third-order valence-electron chi connectivity index (χ3n) is 5.15. The molecule has 1 aliphatic rings. The summed E-state index contributed by atoms with van der Waals surface area (Å²) in [6.45, 7) is -0.290. The predicted molar refractivity (Wildman–Crippen MR) is 106 cm³/mol. The van der Waals surface area contributed by atoms with Gasteiger partial charge in [0.15, 0.2) is 13.2 Å². The Morgan fingerprint density at radius 1 is 1.07 bits per heavy atom. The number of nitriles is 2. The fourth-order valence-electron chi connectivity index (χ4n) is 4.04. The molecule has 6 nitrogen and oxygen atoms in total. The number of nitrogens with zero attached hydrogens (tertiary/aromatic N) is 2. The molecule has 1 aromatic heterocycles. The zero-order valence-corrected chi connectivity index (χ0v) is 15.7. The number of fused-ring (bicyclic) bond motifs is 3. The Morgan fingerprint density at radius 2 is 1.83 bits per heavy atom. The van der Waals surface area contributed by atoms with E-state index in [2.05, 4.69) is 0 Å². The first-order valence-electron chi connectivity index (χ1n) is 9.41. The SMILES string of the molecule is N#CCOc1cc(OCC#N)c2c3c(c(=O)oc2c1)C(c1ccccc1)CCC3. The molecule has 0 fully saturated rings. The van der Waals surface area contributed by atoms with Crippen LogP contribution in [-0.2, 0) is 6.42 Å². The van der Waals surface area contributed by atoms with Gasteiger partial charge in [0.05, 0.1) is 5.39 Å². The Hall–Kier alpha value is -3.77. The molecule has 6 heteroatoms. The highest BCUT2D eigenvalue weighted by Crippen LogP contribution is 2.41. The normalized spacial score (nSPS) is 15.2. The van der Waals surface area contributed by atoms with Crippen molar-refractivity contribution in [3.05, 3.63) is 69.6 Å². The Bertz CT molecular complexity index is 1190. The molecule has 1 heterocycles. The van der Waals surface area contributed by atoms with Crippen LogP contribution < -0.4 is 15.1 Å². The average molecular weight is 386 g/mol. The maximum absolute atomic E-state index is 13.0. The highest BCUT2D eigenvalue weighted by Gasteiger charge is 2.29. The predicted octanol–water partition coefficient (Wildman–Crippen LogP) is 4.07. The fraction of sp³-hybridized carbons (Fsp3) is 0.261. The van der Waals surface area contributed by atoms with Crippen molar-refractivity contribution in [3.63, 3.8) is 0 Å². The van der Waals surface area contributed by atoms with Gasteiger partial charge in [0.2, 0.25) is 0 Å². The third-order valence-corrected chi connectivity index (χ3v) is 5.15. The summed E-state index contributed by atoms with van der Waals surface area (Å²) in [5, 5.41) is 18.4. The Kier molecular flexibility index (Phi) is 5.18. The molecule has 4 rings (SSSR count). The molecular formula is C23H18N2O4. The minimum absolute atomic E-state index is 0.0427. The van der Waals surface area contributed by atoms with Crippen LogP contribution in [0.1, 0.15) is 35.4 Å². The monoisotopic (exact) mass is 386 g/mol. The van der Waals surface area contributed by atoms with E-state index in [0.29, 0.717) is 28.0 Å². The van der Waals surface area contributed by atoms with E-state index in [1.807, 2.05) is 42.5 Å². The maximum atomic E-state index is 13.0. The molecule has 0 N–H and O–H groups in total. The molecule has 0 saturated carbocycles. The van der Waals surface area contributed by atoms with Crippen molar-refractivity contribution in [2.24, 2.45) is 0 Å². The van der Waals surface area contributed by atoms with Gasteiger partial charge in [-0.15, -0.1) is 0 Å². The van der Waals surface area contributed by atoms with Crippen LogP contribution in [0.15, 0.2) is 51.7 Å². The van der Waals surface area contributed by atoms with Crippen LogP contribution in [0.25, 0.3) is 11.0 Å². The second-order valence-corrected chi connectivity index (χ2v) is 6.83. The number of aryl methyl sites for hydroxylation is 1. The van der Waals surface area contributed by atoms with E-state index in [1.165, 1.54) is 0 Å². The zero-order valence-electron chi connectivity index (χ0n) is 15.7. The Labute approximate surface area is 167 Å². The highest BCUT2D eigenvalue weighted by molar-refractivity contribution is 5.89. The molecule has 0 radical (unpaired) electrons. The molecule has 0 amide bonds. The Balaban J connectivity index is 1.94. The van der Waals surface area contributed by atoms with Gasteiger partial charge in [-0.2, -0.15) is 10.5 Å². The molecule has 1 unspecified atom stereocenters. The number of hydrogen-bond donors (Lipinski definition) is 0. The summed E-state index contributed by atoms with van der Waals surface area (Å²) in [6, 6.07) is 17.0. The van der Waals surface area contributed by atoms with Gasteiger partial charge >= 0.3 is 5.63 Å². The van der Waals surface area contributed by atoms with Crippen molar-refractivity contribution in [3.8, 4) is 23.6 Å². The molecule has 3 aromatic rings. The van der Waals surface area contributed by atoms with Crippen LogP contribution in [0.5, 0.6) is 11.5 Å². The second kappa shape index (κ2) is 8.08. The minimum Gasteiger partial charge on any atom is -0.478 e. The number of hydrogen-bond acceptors (Lipinski definition) is 6. The van der Waals surface area contributed by atoms with E-state index in [-0.39, 0.29) is 24.8 Å². The smallest absolute Gasteiger partial charge is 0.340 e. The summed E-state index contributed by atoms with van der Waals surface area (Å²) in [6.07, 6.45) is 2.52. The van der Waals surface area contributed by atoms with Crippen LogP contribution in [-0.4, -0.2) is 13.2 Å². The van der Waals surface area contributed by atoms with E-state index in [0.717, 1.165) is 30.4 Å². The minimum atomic E-state index is -0.371. The van der Waals surface area contributed by atoms with E-state index in [4.69, 9.17) is 24.4 Å². The molecule has 0 spiro atoms. The van der Waals surface area contributed by atoms with Crippen molar-refractivity contribution < 1.29 is 13.9 Å². The molecule has 1 atom stereocenters. The van der Waals surface area contributed by atoms with Crippen molar-refractivity contribution in [1.82, 2.24) is 0 Å². The molecule has 0 bridgehead atoms. The van der Waals surface area contributed by atoms with Gasteiger partial charge < -0.3 is 13.9 Å². The van der Waals surface area contributed by atoms with Crippen LogP contribution in [0, 0.1) is 22.7 Å². The van der Waals surface area contributed by atoms with Crippen molar-refractivity contribution >= 4 is 11.0 Å². The summed E-state index contributed by atoms with van der Waals surface area (Å²) in [5.41, 5.74) is 2.60. The summed E-state index contributed by atoms with van der Waals surface area (Å²) in [7, 11) is 0. The van der Waals surface area contributed by atoms with Gasteiger partial charge in [-0.25, -0.2) is 4.79 Å². The van der Waals surface area contributed by atoms with Gasteiger partial charge in [-0.3, -0.25) is 0 Å². The van der Waals surface area contributed by atoms with Crippen LogP contribution in [0.2, 0.25) is 0 Å². The van der Waals surface area contributed by atoms with E-state index in [1.54, 1.807) is 12.1 Å². The largest absolute Gasteiger partial charge is 0.478 e. The quantitative estimate of drug-likeness (QED) is 0.613. The first kappa shape index (κ1) is 18.6.